The lowest BCUT2D eigenvalue weighted by molar-refractivity contribution is 0.262. The number of carbonyl (C=O) groups excluding carboxylic acids is 1. The maximum atomic E-state index is 14.0. The van der Waals surface area contributed by atoms with Gasteiger partial charge in [-0.1, -0.05) is 0 Å². The highest BCUT2D eigenvalue weighted by Crippen LogP contribution is 2.25. The van der Waals surface area contributed by atoms with Crippen molar-refractivity contribution >= 4 is 55.6 Å². The Kier molecular flexibility index (Phi) is 6.42. The fraction of sp³-hybridized carbons (Fsp3) is 0.273. The lowest BCUT2D eigenvalue weighted by atomic mass is 10.2. The molecule has 5 rings (SSSR count). The molecule has 4 N–H and O–H groups in total. The summed E-state index contributed by atoms with van der Waals surface area (Å²) in [6.07, 6.45) is 6.31. The van der Waals surface area contributed by atoms with Crippen molar-refractivity contribution in [2.24, 2.45) is 0 Å². The summed E-state index contributed by atoms with van der Waals surface area (Å²) in [6, 6.07) is 6.61. The minimum absolute atomic E-state index is 0.283. The average molecular weight is 484 g/mol. The van der Waals surface area contributed by atoms with Crippen LogP contribution in [0.1, 0.15) is 23.3 Å². The lowest BCUT2D eigenvalue weighted by Crippen LogP contribution is -2.20. The van der Waals surface area contributed by atoms with Gasteiger partial charge in [0, 0.05) is 47.9 Å². The number of carbonyl (C=O) groups is 1. The molecule has 0 atom stereocenters. The third kappa shape index (κ3) is 5.62. The molecule has 0 radical (unpaired) electrons. The zero-order valence-corrected chi connectivity index (χ0v) is 19.2. The highest BCUT2D eigenvalue weighted by molar-refractivity contribution is 7.17. The minimum atomic E-state index is -0.414. The Hall–Kier alpha value is -3.15. The molecule has 0 saturated heterocycles. The molecule has 0 spiro atoms. The van der Waals surface area contributed by atoms with E-state index < -0.39 is 6.03 Å². The van der Waals surface area contributed by atoms with Crippen molar-refractivity contribution in [1.82, 2.24) is 20.3 Å². The van der Waals surface area contributed by atoms with Crippen molar-refractivity contribution in [3.63, 3.8) is 0 Å². The third-order valence-corrected chi connectivity index (χ3v) is 7.03. The van der Waals surface area contributed by atoms with Crippen LogP contribution in [0, 0.1) is 5.82 Å². The van der Waals surface area contributed by atoms with Gasteiger partial charge in [-0.05, 0) is 42.5 Å². The average Bonchev–Trinajstić information content (AvgIpc) is 3.31. The first-order valence-corrected chi connectivity index (χ1v) is 12.3. The van der Waals surface area contributed by atoms with Gasteiger partial charge in [-0.15, -0.1) is 22.7 Å². The summed E-state index contributed by atoms with van der Waals surface area (Å²) in [5, 5.41) is 14.6. The number of fused-ring (bicyclic) bond motifs is 1. The quantitative estimate of drug-likeness (QED) is 0.272. The zero-order chi connectivity index (χ0) is 22.6. The number of urea groups is 1. The Morgan fingerprint density at radius 3 is 2.94 bits per heavy atom. The molecule has 2 amide bonds. The van der Waals surface area contributed by atoms with Crippen LogP contribution in [-0.2, 0) is 13.0 Å². The summed E-state index contributed by atoms with van der Waals surface area (Å²) in [5.74, 6) is 0.539. The normalized spacial score (nSPS) is 13.2. The molecule has 4 aromatic rings. The molecular weight excluding hydrogens is 461 g/mol. The Morgan fingerprint density at radius 1 is 1.15 bits per heavy atom. The highest BCUT2D eigenvalue weighted by atomic mass is 32.1. The number of rotatable bonds is 9. The standard InChI is InChI=1S/C22H22FN7OS2/c23-17-4-3-15(9-13(17)10-25-14-1-2-14)29-21(31)30-22-26-11-16(33-22)5-7-24-20-19-18(6-8-32-19)27-12-28-20/h3-4,6,8-9,11-12,14,25H,1-2,5,7,10H2,(H,24,27,28)(H2,26,29,30,31). The van der Waals surface area contributed by atoms with Crippen molar-refractivity contribution < 1.29 is 9.18 Å². The van der Waals surface area contributed by atoms with Crippen LogP contribution in [-0.4, -0.2) is 33.6 Å². The molecule has 3 aromatic heterocycles. The second kappa shape index (κ2) is 9.77. The number of nitrogens with zero attached hydrogens (tertiary/aromatic N) is 3. The monoisotopic (exact) mass is 483 g/mol. The number of nitrogens with one attached hydrogen (secondary N) is 4. The molecule has 0 aliphatic heterocycles. The van der Waals surface area contributed by atoms with Crippen LogP contribution >= 0.6 is 22.7 Å². The van der Waals surface area contributed by atoms with Crippen molar-refractivity contribution in [1.29, 1.82) is 0 Å². The van der Waals surface area contributed by atoms with Crippen LogP contribution in [0.2, 0.25) is 0 Å². The first-order chi connectivity index (χ1) is 16.1. The van der Waals surface area contributed by atoms with Crippen molar-refractivity contribution in [3.05, 3.63) is 58.4 Å². The van der Waals surface area contributed by atoms with Gasteiger partial charge in [-0.2, -0.15) is 0 Å². The van der Waals surface area contributed by atoms with Gasteiger partial charge >= 0.3 is 6.03 Å². The Morgan fingerprint density at radius 2 is 2.06 bits per heavy atom. The van der Waals surface area contributed by atoms with Crippen molar-refractivity contribution in [3.8, 4) is 0 Å². The van der Waals surface area contributed by atoms with Gasteiger partial charge in [0.1, 0.15) is 18.0 Å². The van der Waals surface area contributed by atoms with Crippen LogP contribution in [0.15, 0.2) is 42.2 Å². The second-order valence-electron chi connectivity index (χ2n) is 7.71. The van der Waals surface area contributed by atoms with Crippen LogP contribution in [0.3, 0.4) is 0 Å². The van der Waals surface area contributed by atoms with Crippen LogP contribution < -0.4 is 21.3 Å². The number of hydrogen-bond donors (Lipinski definition) is 4. The minimum Gasteiger partial charge on any atom is -0.368 e. The maximum absolute atomic E-state index is 14.0. The van der Waals surface area contributed by atoms with Gasteiger partial charge in [-0.3, -0.25) is 5.32 Å². The van der Waals surface area contributed by atoms with Gasteiger partial charge in [0.25, 0.3) is 0 Å². The van der Waals surface area contributed by atoms with Gasteiger partial charge in [0.05, 0.1) is 10.2 Å². The Bertz CT molecular complexity index is 1270. The van der Waals surface area contributed by atoms with E-state index in [1.165, 1.54) is 17.4 Å². The molecule has 1 aromatic carbocycles. The van der Waals surface area contributed by atoms with Crippen molar-refractivity contribution in [2.75, 3.05) is 22.5 Å². The summed E-state index contributed by atoms with van der Waals surface area (Å²) in [5.41, 5.74) is 2.00. The number of benzene rings is 1. The first-order valence-electron chi connectivity index (χ1n) is 10.6. The van der Waals surface area contributed by atoms with E-state index in [9.17, 15) is 9.18 Å². The predicted molar refractivity (Wildman–Crippen MR) is 131 cm³/mol. The fourth-order valence-electron chi connectivity index (χ4n) is 3.29. The van der Waals surface area contributed by atoms with Gasteiger partial charge in [0.15, 0.2) is 5.13 Å². The fourth-order valence-corrected chi connectivity index (χ4v) is 4.91. The number of thiazole rings is 1. The molecule has 0 unspecified atom stereocenters. The molecule has 1 fully saturated rings. The van der Waals surface area contributed by atoms with Gasteiger partial charge in [-0.25, -0.2) is 24.1 Å². The summed E-state index contributed by atoms with van der Waals surface area (Å²) < 4.78 is 15.0. The molecule has 11 heteroatoms. The predicted octanol–water partition coefficient (Wildman–Crippen LogP) is 4.84. The van der Waals surface area contributed by atoms with E-state index in [-0.39, 0.29) is 5.82 Å². The number of halogens is 1. The summed E-state index contributed by atoms with van der Waals surface area (Å²) >= 11 is 3.02. The second-order valence-corrected chi connectivity index (χ2v) is 9.74. The molecule has 8 nitrogen and oxygen atoms in total. The molecule has 1 saturated carbocycles. The Balaban J connectivity index is 1.12. The van der Waals surface area contributed by atoms with E-state index in [4.69, 9.17) is 0 Å². The summed E-state index contributed by atoms with van der Waals surface area (Å²) in [7, 11) is 0. The smallest absolute Gasteiger partial charge is 0.325 e. The topological polar surface area (TPSA) is 104 Å². The molecule has 33 heavy (non-hydrogen) atoms. The van der Waals surface area contributed by atoms with Crippen LogP contribution in [0.25, 0.3) is 10.2 Å². The molecule has 1 aliphatic carbocycles. The number of aromatic nitrogens is 3. The van der Waals surface area contributed by atoms with E-state index >= 15 is 0 Å². The van der Waals surface area contributed by atoms with E-state index in [1.54, 1.807) is 36.0 Å². The number of hydrogen-bond acceptors (Lipinski definition) is 8. The third-order valence-electron chi connectivity index (χ3n) is 5.14. The van der Waals surface area contributed by atoms with Crippen molar-refractivity contribution in [2.45, 2.75) is 31.8 Å². The van der Waals surface area contributed by atoms with Crippen LogP contribution in [0.4, 0.5) is 25.8 Å². The van der Waals surface area contributed by atoms with Gasteiger partial charge in [0.2, 0.25) is 0 Å². The van der Waals surface area contributed by atoms with Gasteiger partial charge < -0.3 is 16.0 Å². The SMILES string of the molecule is O=C(Nc1ccc(F)c(CNC2CC2)c1)Nc1ncc(CCNc2ncnc3ccsc23)s1. The number of amides is 2. The lowest BCUT2D eigenvalue weighted by Gasteiger charge is -2.09. The summed E-state index contributed by atoms with van der Waals surface area (Å²) in [6.45, 7) is 1.13. The highest BCUT2D eigenvalue weighted by Gasteiger charge is 2.20. The van der Waals surface area contributed by atoms with E-state index in [0.29, 0.717) is 35.5 Å². The molecular formula is C22H22FN7OS2. The zero-order valence-electron chi connectivity index (χ0n) is 17.6. The van der Waals surface area contributed by atoms with E-state index in [1.807, 2.05) is 11.4 Å². The Labute approximate surface area is 197 Å². The number of anilines is 3. The molecule has 170 valence electrons. The van der Waals surface area contributed by atoms with E-state index in [0.717, 1.165) is 40.2 Å². The molecule has 1 aliphatic rings. The first kappa shape index (κ1) is 21.7. The largest absolute Gasteiger partial charge is 0.368 e. The van der Waals surface area contributed by atoms with Crippen LogP contribution in [0.5, 0.6) is 0 Å². The maximum Gasteiger partial charge on any atom is 0.325 e. The van der Waals surface area contributed by atoms with E-state index in [2.05, 4.69) is 36.2 Å². The number of thiophene rings is 1. The molecule has 3 heterocycles. The molecule has 0 bridgehead atoms. The summed E-state index contributed by atoms with van der Waals surface area (Å²) in [4.78, 5) is 26.2.